The molecule has 0 saturated heterocycles. The van der Waals surface area contributed by atoms with Gasteiger partial charge in [-0.05, 0) is 52.2 Å². The fourth-order valence-corrected chi connectivity index (χ4v) is 3.23. The van der Waals surface area contributed by atoms with Gasteiger partial charge in [0.05, 0.1) is 15.4 Å². The monoisotopic (exact) mass is 433 g/mol. The predicted molar refractivity (Wildman–Crippen MR) is 104 cm³/mol. The Morgan fingerprint density at radius 2 is 1.96 bits per heavy atom. The van der Waals surface area contributed by atoms with Crippen molar-refractivity contribution in [2.45, 2.75) is 19.4 Å². The van der Waals surface area contributed by atoms with Crippen molar-refractivity contribution in [1.82, 2.24) is 14.9 Å². The lowest BCUT2D eigenvalue weighted by Gasteiger charge is -2.10. The van der Waals surface area contributed by atoms with Gasteiger partial charge in [-0.2, -0.15) is 0 Å². The Bertz CT molecular complexity index is 1110. The molecule has 8 heteroatoms. The van der Waals surface area contributed by atoms with Gasteiger partial charge in [-0.3, -0.25) is 19.1 Å². The van der Waals surface area contributed by atoms with Crippen LogP contribution in [0.15, 0.2) is 56.5 Å². The Labute approximate surface area is 162 Å². The number of aryl methyl sites for hydroxylation is 1. The van der Waals surface area contributed by atoms with Crippen molar-refractivity contribution in [3.8, 4) is 0 Å². The molecule has 2 aromatic carbocycles. The number of rotatable bonds is 6. The predicted octanol–water partition coefficient (Wildman–Crippen LogP) is 2.34. The molecule has 140 valence electrons. The molecule has 0 aliphatic rings. The zero-order valence-corrected chi connectivity index (χ0v) is 15.9. The molecule has 0 radical (unpaired) electrons. The molecule has 6 nitrogen and oxygen atoms in total. The van der Waals surface area contributed by atoms with Gasteiger partial charge < -0.3 is 5.32 Å². The molecule has 0 spiro atoms. The van der Waals surface area contributed by atoms with Crippen molar-refractivity contribution in [2.24, 2.45) is 0 Å². The van der Waals surface area contributed by atoms with E-state index in [4.69, 9.17) is 0 Å². The third kappa shape index (κ3) is 4.51. The summed E-state index contributed by atoms with van der Waals surface area (Å²) in [6.07, 6.45) is 0.662. The van der Waals surface area contributed by atoms with Crippen molar-refractivity contribution in [2.75, 3.05) is 6.54 Å². The highest BCUT2D eigenvalue weighted by atomic mass is 79.9. The van der Waals surface area contributed by atoms with Crippen LogP contribution < -0.4 is 16.6 Å². The van der Waals surface area contributed by atoms with E-state index in [1.165, 1.54) is 10.6 Å². The highest BCUT2D eigenvalue weighted by Gasteiger charge is 2.09. The summed E-state index contributed by atoms with van der Waals surface area (Å²) in [4.78, 5) is 38.2. The van der Waals surface area contributed by atoms with Crippen molar-refractivity contribution < 1.29 is 9.18 Å². The maximum Gasteiger partial charge on any atom is 0.328 e. The van der Waals surface area contributed by atoms with Crippen molar-refractivity contribution in [3.05, 3.63) is 79.2 Å². The summed E-state index contributed by atoms with van der Waals surface area (Å²) in [5, 5.41) is 3.18. The molecule has 0 atom stereocenters. The van der Waals surface area contributed by atoms with Crippen LogP contribution in [0.3, 0.4) is 0 Å². The van der Waals surface area contributed by atoms with E-state index in [-0.39, 0.29) is 24.7 Å². The second-order valence-electron chi connectivity index (χ2n) is 6.03. The molecule has 3 aromatic rings. The van der Waals surface area contributed by atoms with Crippen LogP contribution in [0.4, 0.5) is 4.39 Å². The molecular formula is C19H17BrFN3O3. The molecule has 2 N–H and O–H groups in total. The molecule has 0 aliphatic heterocycles. The number of benzene rings is 2. The number of fused-ring (bicyclic) bond motifs is 1. The minimum Gasteiger partial charge on any atom is -0.356 e. The quantitative estimate of drug-likeness (QED) is 0.625. The SMILES string of the molecule is O=C(CCn1c(=O)[nH]c(=O)c2ccccc21)NCCc1ccc(F)c(Br)c1. The Kier molecular flexibility index (Phi) is 5.85. The fourth-order valence-electron chi connectivity index (χ4n) is 2.81. The molecule has 1 heterocycles. The number of halogens is 2. The number of nitrogens with zero attached hydrogens (tertiary/aromatic N) is 1. The van der Waals surface area contributed by atoms with E-state index in [1.54, 1.807) is 36.4 Å². The van der Waals surface area contributed by atoms with Gasteiger partial charge in [0.1, 0.15) is 5.82 Å². The second kappa shape index (κ2) is 8.30. The van der Waals surface area contributed by atoms with Crippen LogP contribution in [0.25, 0.3) is 10.9 Å². The summed E-state index contributed by atoms with van der Waals surface area (Å²) < 4.78 is 15.0. The third-order valence-electron chi connectivity index (χ3n) is 4.19. The molecular weight excluding hydrogens is 417 g/mol. The third-order valence-corrected chi connectivity index (χ3v) is 4.80. The summed E-state index contributed by atoms with van der Waals surface area (Å²) in [5.74, 6) is -0.542. The Balaban J connectivity index is 1.60. The molecule has 1 aromatic heterocycles. The summed E-state index contributed by atoms with van der Waals surface area (Å²) in [5.41, 5.74) is 0.408. The number of carbonyl (C=O) groups excluding carboxylic acids is 1. The maximum atomic E-state index is 13.2. The highest BCUT2D eigenvalue weighted by Crippen LogP contribution is 2.16. The molecule has 1 amide bonds. The summed E-state index contributed by atoms with van der Waals surface area (Å²) >= 11 is 3.13. The van der Waals surface area contributed by atoms with E-state index in [9.17, 15) is 18.8 Å². The minimum absolute atomic E-state index is 0.100. The number of H-pyrrole nitrogens is 1. The van der Waals surface area contributed by atoms with Gasteiger partial charge in [0.25, 0.3) is 5.56 Å². The van der Waals surface area contributed by atoms with E-state index in [1.807, 2.05) is 0 Å². The van der Waals surface area contributed by atoms with Crippen LogP contribution in [0, 0.1) is 5.82 Å². The van der Waals surface area contributed by atoms with Crippen LogP contribution in [0.1, 0.15) is 12.0 Å². The lowest BCUT2D eigenvalue weighted by Crippen LogP contribution is -2.33. The summed E-state index contributed by atoms with van der Waals surface area (Å²) in [6, 6.07) is 11.5. The number of carbonyl (C=O) groups is 1. The van der Waals surface area contributed by atoms with Crippen LogP contribution >= 0.6 is 15.9 Å². The first-order valence-electron chi connectivity index (χ1n) is 8.38. The molecule has 0 unspecified atom stereocenters. The Morgan fingerprint density at radius 3 is 2.74 bits per heavy atom. The lowest BCUT2D eigenvalue weighted by molar-refractivity contribution is -0.121. The van der Waals surface area contributed by atoms with Crippen molar-refractivity contribution in [3.63, 3.8) is 0 Å². The van der Waals surface area contributed by atoms with Crippen LogP contribution in [0.2, 0.25) is 0 Å². The lowest BCUT2D eigenvalue weighted by atomic mass is 10.1. The molecule has 27 heavy (non-hydrogen) atoms. The van der Waals surface area contributed by atoms with Gasteiger partial charge in [0, 0.05) is 19.5 Å². The second-order valence-corrected chi connectivity index (χ2v) is 6.88. The minimum atomic E-state index is -0.539. The summed E-state index contributed by atoms with van der Waals surface area (Å²) in [7, 11) is 0. The molecule has 3 rings (SSSR count). The first-order chi connectivity index (χ1) is 13.0. The average Bonchev–Trinajstić information content (AvgIpc) is 2.64. The fraction of sp³-hybridized carbons (Fsp3) is 0.211. The van der Waals surface area contributed by atoms with Gasteiger partial charge in [-0.15, -0.1) is 0 Å². The van der Waals surface area contributed by atoms with E-state index in [2.05, 4.69) is 26.2 Å². The number of hydrogen-bond donors (Lipinski definition) is 2. The van der Waals surface area contributed by atoms with Crippen molar-refractivity contribution >= 4 is 32.7 Å². The van der Waals surface area contributed by atoms with E-state index >= 15 is 0 Å². The maximum absolute atomic E-state index is 13.2. The first kappa shape index (κ1) is 19.0. The standard InChI is InChI=1S/C19H17BrFN3O3/c20-14-11-12(5-6-15(14)21)7-9-22-17(25)8-10-24-16-4-2-1-3-13(16)18(26)23-19(24)27/h1-6,11H,7-10H2,(H,22,25)(H,23,26,27). The molecule has 0 saturated carbocycles. The molecule has 0 bridgehead atoms. The Morgan fingerprint density at radius 1 is 1.19 bits per heavy atom. The number of amides is 1. The zero-order chi connectivity index (χ0) is 19.4. The number of para-hydroxylation sites is 1. The highest BCUT2D eigenvalue weighted by molar-refractivity contribution is 9.10. The van der Waals surface area contributed by atoms with E-state index in [0.717, 1.165) is 5.56 Å². The normalized spacial score (nSPS) is 10.9. The van der Waals surface area contributed by atoms with Gasteiger partial charge in [-0.25, -0.2) is 9.18 Å². The van der Waals surface area contributed by atoms with Crippen LogP contribution in [-0.4, -0.2) is 22.0 Å². The number of aromatic amines is 1. The van der Waals surface area contributed by atoms with Gasteiger partial charge >= 0.3 is 5.69 Å². The molecule has 0 fully saturated rings. The van der Waals surface area contributed by atoms with Crippen LogP contribution in [0.5, 0.6) is 0 Å². The average molecular weight is 434 g/mol. The molecule has 0 aliphatic carbocycles. The van der Waals surface area contributed by atoms with Gasteiger partial charge in [0.15, 0.2) is 0 Å². The Hall–Kier alpha value is -2.74. The zero-order valence-electron chi connectivity index (χ0n) is 14.3. The van der Waals surface area contributed by atoms with Crippen LogP contribution in [-0.2, 0) is 17.8 Å². The topological polar surface area (TPSA) is 84.0 Å². The number of aromatic nitrogens is 2. The largest absolute Gasteiger partial charge is 0.356 e. The first-order valence-corrected chi connectivity index (χ1v) is 9.17. The summed E-state index contributed by atoms with van der Waals surface area (Å²) in [6.45, 7) is 0.558. The van der Waals surface area contributed by atoms with E-state index < -0.39 is 11.2 Å². The number of nitrogens with one attached hydrogen (secondary N) is 2. The van der Waals surface area contributed by atoms with E-state index in [0.29, 0.717) is 28.3 Å². The van der Waals surface area contributed by atoms with Crippen molar-refractivity contribution in [1.29, 1.82) is 0 Å². The number of hydrogen-bond acceptors (Lipinski definition) is 3. The van der Waals surface area contributed by atoms with Gasteiger partial charge in [-0.1, -0.05) is 18.2 Å². The smallest absolute Gasteiger partial charge is 0.328 e. The van der Waals surface area contributed by atoms with Gasteiger partial charge in [0.2, 0.25) is 5.91 Å².